The highest BCUT2D eigenvalue weighted by atomic mass is 32.2. The molecule has 20 heavy (non-hydrogen) atoms. The van der Waals surface area contributed by atoms with Gasteiger partial charge in [-0.15, -0.1) is 12.3 Å². The van der Waals surface area contributed by atoms with Crippen LogP contribution < -0.4 is 4.72 Å². The van der Waals surface area contributed by atoms with E-state index in [1.165, 1.54) is 0 Å². The second kappa shape index (κ2) is 6.29. The molecular formula is C13H14F3NO2S. The van der Waals surface area contributed by atoms with Crippen molar-refractivity contribution in [2.24, 2.45) is 0 Å². The molecule has 0 aliphatic carbocycles. The number of terminal acetylenes is 1. The fraction of sp³-hybridized carbons (Fsp3) is 0.385. The zero-order chi connectivity index (χ0) is 15.4. The number of unbranched alkanes of at least 4 members (excludes halogenated alkanes) is 1. The first kappa shape index (κ1) is 16.5. The van der Waals surface area contributed by atoms with Gasteiger partial charge in [-0.1, -0.05) is 6.07 Å². The molecule has 110 valence electrons. The van der Waals surface area contributed by atoms with Crippen molar-refractivity contribution in [1.29, 1.82) is 0 Å². The summed E-state index contributed by atoms with van der Waals surface area (Å²) in [6.07, 6.45) is 1.26. The van der Waals surface area contributed by atoms with E-state index in [0.29, 0.717) is 12.8 Å². The van der Waals surface area contributed by atoms with E-state index in [9.17, 15) is 21.6 Å². The van der Waals surface area contributed by atoms with Crippen molar-refractivity contribution in [3.63, 3.8) is 0 Å². The molecule has 0 fully saturated rings. The van der Waals surface area contributed by atoms with Crippen molar-refractivity contribution < 1.29 is 21.6 Å². The van der Waals surface area contributed by atoms with E-state index in [4.69, 9.17) is 6.42 Å². The summed E-state index contributed by atoms with van der Waals surface area (Å²) >= 11 is 0. The molecule has 0 unspecified atom stereocenters. The van der Waals surface area contributed by atoms with Gasteiger partial charge in [-0.2, -0.15) is 13.2 Å². The molecule has 0 atom stereocenters. The molecule has 0 aliphatic heterocycles. The Bertz CT molecular complexity index is 615. The normalized spacial score (nSPS) is 12.2. The van der Waals surface area contributed by atoms with Gasteiger partial charge in [0, 0.05) is 13.0 Å². The van der Waals surface area contributed by atoms with Crippen LogP contribution in [0.4, 0.5) is 13.2 Å². The highest BCUT2D eigenvalue weighted by Crippen LogP contribution is 2.34. The first-order valence-corrected chi connectivity index (χ1v) is 7.28. The van der Waals surface area contributed by atoms with Crippen molar-refractivity contribution >= 4 is 10.0 Å². The summed E-state index contributed by atoms with van der Waals surface area (Å²) in [7, 11) is -3.97. The maximum absolute atomic E-state index is 12.7. The molecule has 0 saturated carbocycles. The van der Waals surface area contributed by atoms with Crippen molar-refractivity contribution in [1.82, 2.24) is 4.72 Å². The van der Waals surface area contributed by atoms with Crippen molar-refractivity contribution in [3.8, 4) is 12.3 Å². The van der Waals surface area contributed by atoms with E-state index in [1.54, 1.807) is 0 Å². The van der Waals surface area contributed by atoms with Gasteiger partial charge in [0.05, 0.1) is 10.5 Å². The summed E-state index contributed by atoms with van der Waals surface area (Å²) in [6, 6.07) is 3.08. The second-order valence-electron chi connectivity index (χ2n) is 4.13. The Morgan fingerprint density at radius 2 is 2.00 bits per heavy atom. The Kier molecular flexibility index (Phi) is 5.20. The van der Waals surface area contributed by atoms with Crippen molar-refractivity contribution in [2.75, 3.05) is 6.54 Å². The quantitative estimate of drug-likeness (QED) is 0.671. The fourth-order valence-corrected chi connectivity index (χ4v) is 3.03. The molecule has 0 heterocycles. The standard InChI is InChI=1S/C13H14F3NO2S/c1-3-4-5-9-17-20(18,19)12-8-6-7-11(10(12)2)13(14,15)16/h1,6-8,17H,4-5,9H2,2H3. The van der Waals surface area contributed by atoms with Gasteiger partial charge in [0.25, 0.3) is 0 Å². The summed E-state index contributed by atoms with van der Waals surface area (Å²) in [5.41, 5.74) is -1.27. The van der Waals surface area contributed by atoms with Gasteiger partial charge in [0.2, 0.25) is 10.0 Å². The van der Waals surface area contributed by atoms with Crippen molar-refractivity contribution in [2.45, 2.75) is 30.8 Å². The van der Waals surface area contributed by atoms with Crippen LogP contribution in [0.1, 0.15) is 24.0 Å². The van der Waals surface area contributed by atoms with Crippen LogP contribution in [-0.4, -0.2) is 15.0 Å². The van der Waals surface area contributed by atoms with Gasteiger partial charge in [-0.05, 0) is 31.0 Å². The van der Waals surface area contributed by atoms with E-state index in [-0.39, 0.29) is 17.0 Å². The molecule has 0 spiro atoms. The average Bonchev–Trinajstić information content (AvgIpc) is 2.33. The lowest BCUT2D eigenvalue weighted by molar-refractivity contribution is -0.138. The van der Waals surface area contributed by atoms with Crippen LogP contribution in [0.2, 0.25) is 0 Å². The summed E-state index contributed by atoms with van der Waals surface area (Å²) in [5, 5.41) is 0. The lowest BCUT2D eigenvalue weighted by Gasteiger charge is -2.14. The molecular weight excluding hydrogens is 291 g/mol. The first-order chi connectivity index (χ1) is 9.20. The Hall–Kier alpha value is -1.52. The molecule has 1 aromatic rings. The fourth-order valence-electron chi connectivity index (χ4n) is 1.69. The number of sulfonamides is 1. The van der Waals surface area contributed by atoms with Crippen LogP contribution in [-0.2, 0) is 16.2 Å². The second-order valence-corrected chi connectivity index (χ2v) is 5.87. The highest BCUT2D eigenvalue weighted by molar-refractivity contribution is 7.89. The Balaban J connectivity index is 3.05. The molecule has 0 aromatic heterocycles. The van der Waals surface area contributed by atoms with Crippen LogP contribution in [0.25, 0.3) is 0 Å². The van der Waals surface area contributed by atoms with E-state index in [0.717, 1.165) is 25.1 Å². The predicted octanol–water partition coefficient (Wildman–Crippen LogP) is 2.71. The van der Waals surface area contributed by atoms with Crippen LogP contribution in [0.5, 0.6) is 0 Å². The smallest absolute Gasteiger partial charge is 0.211 e. The highest BCUT2D eigenvalue weighted by Gasteiger charge is 2.34. The lowest BCUT2D eigenvalue weighted by atomic mass is 10.1. The third-order valence-corrected chi connectivity index (χ3v) is 4.27. The third-order valence-electron chi connectivity index (χ3n) is 2.67. The molecule has 0 bridgehead atoms. The van der Waals surface area contributed by atoms with Gasteiger partial charge in [0.1, 0.15) is 0 Å². The molecule has 0 amide bonds. The molecule has 3 nitrogen and oxygen atoms in total. The summed E-state index contributed by atoms with van der Waals surface area (Å²) in [5.74, 6) is 2.35. The maximum Gasteiger partial charge on any atom is 0.416 e. The number of nitrogens with one attached hydrogen (secondary N) is 1. The minimum atomic E-state index is -4.58. The summed E-state index contributed by atoms with van der Waals surface area (Å²) in [4.78, 5) is -0.368. The number of benzene rings is 1. The zero-order valence-corrected chi connectivity index (χ0v) is 11.6. The monoisotopic (exact) mass is 305 g/mol. The SMILES string of the molecule is C#CCCCNS(=O)(=O)c1cccc(C(F)(F)F)c1C. The molecule has 1 N–H and O–H groups in total. The number of halogens is 3. The molecule has 0 radical (unpaired) electrons. The van der Waals surface area contributed by atoms with Crippen molar-refractivity contribution in [3.05, 3.63) is 29.3 Å². The van der Waals surface area contributed by atoms with E-state index in [1.807, 2.05) is 0 Å². The molecule has 0 aliphatic rings. The van der Waals surface area contributed by atoms with Gasteiger partial charge >= 0.3 is 6.18 Å². The Morgan fingerprint density at radius 3 is 2.55 bits per heavy atom. The summed E-state index contributed by atoms with van der Waals surface area (Å²) < 4.78 is 64.4. The van der Waals surface area contributed by atoms with Crippen LogP contribution in [0.15, 0.2) is 23.1 Å². The van der Waals surface area contributed by atoms with Crippen LogP contribution in [0, 0.1) is 19.3 Å². The van der Waals surface area contributed by atoms with E-state index < -0.39 is 21.8 Å². The maximum atomic E-state index is 12.7. The molecule has 1 aromatic carbocycles. The Morgan fingerprint density at radius 1 is 1.35 bits per heavy atom. The topological polar surface area (TPSA) is 46.2 Å². The van der Waals surface area contributed by atoms with E-state index in [2.05, 4.69) is 10.6 Å². The molecule has 0 saturated heterocycles. The molecule has 1 rings (SSSR count). The van der Waals surface area contributed by atoms with Crippen LogP contribution in [0.3, 0.4) is 0 Å². The lowest BCUT2D eigenvalue weighted by Crippen LogP contribution is -2.26. The van der Waals surface area contributed by atoms with Gasteiger partial charge in [-0.3, -0.25) is 0 Å². The molecule has 7 heteroatoms. The number of hydrogen-bond donors (Lipinski definition) is 1. The third kappa shape index (κ3) is 3.99. The van der Waals surface area contributed by atoms with Gasteiger partial charge in [0.15, 0.2) is 0 Å². The zero-order valence-electron chi connectivity index (χ0n) is 10.8. The van der Waals surface area contributed by atoms with Gasteiger partial charge in [-0.25, -0.2) is 13.1 Å². The number of hydrogen-bond acceptors (Lipinski definition) is 2. The summed E-state index contributed by atoms with van der Waals surface area (Å²) in [6.45, 7) is 1.22. The van der Waals surface area contributed by atoms with Gasteiger partial charge < -0.3 is 0 Å². The average molecular weight is 305 g/mol. The minimum Gasteiger partial charge on any atom is -0.211 e. The number of rotatable bonds is 5. The van der Waals surface area contributed by atoms with E-state index >= 15 is 0 Å². The first-order valence-electron chi connectivity index (χ1n) is 5.80. The number of alkyl halides is 3. The Labute approximate surface area is 116 Å². The largest absolute Gasteiger partial charge is 0.416 e. The minimum absolute atomic E-state index is 0.0855. The predicted molar refractivity (Wildman–Crippen MR) is 69.4 cm³/mol. The van der Waals surface area contributed by atoms with Crippen LogP contribution >= 0.6 is 0 Å².